The molecule has 13 heavy (non-hydrogen) atoms. The third-order valence-corrected chi connectivity index (χ3v) is 2.01. The van der Waals surface area contributed by atoms with Gasteiger partial charge in [0.05, 0.1) is 12.9 Å². The lowest BCUT2D eigenvalue weighted by atomic mass is 10.2. The maximum atomic E-state index is 10.6. The molecule has 1 heterocycles. The van der Waals surface area contributed by atoms with Crippen LogP contribution in [0, 0.1) is 0 Å². The second-order valence-corrected chi connectivity index (χ2v) is 4.28. The molecule has 0 radical (unpaired) electrons. The van der Waals surface area contributed by atoms with E-state index in [0.717, 1.165) is 11.8 Å². The van der Waals surface area contributed by atoms with Gasteiger partial charge in [-0.15, -0.1) is 0 Å². The van der Waals surface area contributed by atoms with E-state index in [1.165, 1.54) is 0 Å². The lowest BCUT2D eigenvalue weighted by Crippen LogP contribution is -2.06. The molecule has 0 saturated heterocycles. The molecule has 0 N–H and O–H groups in total. The quantitative estimate of drug-likeness (QED) is 0.669. The number of hydrogen-bond acceptors (Lipinski definition) is 4. The van der Waals surface area contributed by atoms with Crippen LogP contribution in [0.5, 0.6) is 0 Å². The molecule has 0 aromatic carbocycles. The van der Waals surface area contributed by atoms with Crippen molar-refractivity contribution in [2.24, 2.45) is 0 Å². The van der Waals surface area contributed by atoms with Crippen molar-refractivity contribution in [2.75, 3.05) is 12.9 Å². The highest BCUT2D eigenvalue weighted by Crippen LogP contribution is 1.98. The predicted octanol–water partition coefficient (Wildman–Crippen LogP) is 0.600. The van der Waals surface area contributed by atoms with Gasteiger partial charge < -0.3 is 0 Å². The van der Waals surface area contributed by atoms with Crippen LogP contribution in [0.1, 0.15) is 5.56 Å². The van der Waals surface area contributed by atoms with E-state index >= 15 is 0 Å². The Bertz CT molecular complexity index is 347. The van der Waals surface area contributed by atoms with E-state index in [9.17, 15) is 8.42 Å². The number of rotatable bonds is 4. The molecule has 0 atom stereocenters. The summed E-state index contributed by atoms with van der Waals surface area (Å²) in [6.07, 6.45) is 4.95. The summed E-state index contributed by atoms with van der Waals surface area (Å²) in [5.41, 5.74) is 0.964. The van der Waals surface area contributed by atoms with Gasteiger partial charge in [0.15, 0.2) is 0 Å². The number of pyridine rings is 1. The highest BCUT2D eigenvalue weighted by atomic mass is 32.2. The van der Waals surface area contributed by atoms with Gasteiger partial charge in [-0.05, 0) is 18.1 Å². The van der Waals surface area contributed by atoms with E-state index in [4.69, 9.17) is 0 Å². The van der Waals surface area contributed by atoms with Gasteiger partial charge in [-0.25, -0.2) is 0 Å². The summed E-state index contributed by atoms with van der Waals surface area (Å²) >= 11 is 0. The Hall–Kier alpha value is -0.940. The fraction of sp³-hybridized carbons (Fsp3) is 0.375. The van der Waals surface area contributed by atoms with E-state index in [2.05, 4.69) is 9.17 Å². The summed E-state index contributed by atoms with van der Waals surface area (Å²) in [4.78, 5) is 3.89. The highest BCUT2D eigenvalue weighted by molar-refractivity contribution is 7.85. The SMILES string of the molecule is CS(=O)(=O)OCCc1cccnc1. The third-order valence-electron chi connectivity index (χ3n) is 1.41. The van der Waals surface area contributed by atoms with Gasteiger partial charge in [0, 0.05) is 12.4 Å². The molecule has 0 spiro atoms. The van der Waals surface area contributed by atoms with E-state index in [-0.39, 0.29) is 6.61 Å². The normalized spacial score (nSPS) is 11.5. The van der Waals surface area contributed by atoms with Crippen molar-refractivity contribution < 1.29 is 12.6 Å². The largest absolute Gasteiger partial charge is 0.270 e. The summed E-state index contributed by atoms with van der Waals surface area (Å²) < 4.78 is 25.7. The van der Waals surface area contributed by atoms with Crippen molar-refractivity contribution in [1.82, 2.24) is 4.98 Å². The zero-order chi connectivity index (χ0) is 9.73. The average molecular weight is 201 g/mol. The topological polar surface area (TPSA) is 56.3 Å². The van der Waals surface area contributed by atoms with Crippen LogP contribution in [0.15, 0.2) is 24.5 Å². The minimum atomic E-state index is -3.31. The molecule has 0 aliphatic heterocycles. The Labute approximate surface area is 77.7 Å². The second kappa shape index (κ2) is 4.34. The Morgan fingerprint density at radius 2 is 2.31 bits per heavy atom. The van der Waals surface area contributed by atoms with E-state index in [0.29, 0.717) is 6.42 Å². The highest BCUT2D eigenvalue weighted by Gasteiger charge is 2.00. The lowest BCUT2D eigenvalue weighted by molar-refractivity contribution is 0.326. The van der Waals surface area contributed by atoms with Crippen molar-refractivity contribution in [3.8, 4) is 0 Å². The van der Waals surface area contributed by atoms with Crippen LogP contribution in [0.3, 0.4) is 0 Å². The van der Waals surface area contributed by atoms with Crippen LogP contribution in [-0.2, 0) is 20.7 Å². The van der Waals surface area contributed by atoms with Crippen molar-refractivity contribution >= 4 is 10.1 Å². The van der Waals surface area contributed by atoms with Crippen molar-refractivity contribution in [3.63, 3.8) is 0 Å². The lowest BCUT2D eigenvalue weighted by Gasteiger charge is -2.00. The van der Waals surface area contributed by atoms with Crippen molar-refractivity contribution in [1.29, 1.82) is 0 Å². The molecule has 0 amide bonds. The predicted molar refractivity (Wildman–Crippen MR) is 48.7 cm³/mol. The molecule has 1 rings (SSSR count). The fourth-order valence-electron chi connectivity index (χ4n) is 0.857. The van der Waals surface area contributed by atoms with Crippen molar-refractivity contribution in [2.45, 2.75) is 6.42 Å². The maximum absolute atomic E-state index is 10.6. The fourth-order valence-corrected chi connectivity index (χ4v) is 1.24. The van der Waals surface area contributed by atoms with Crippen molar-refractivity contribution in [3.05, 3.63) is 30.1 Å². The summed E-state index contributed by atoms with van der Waals surface area (Å²) in [5.74, 6) is 0. The molecule has 0 saturated carbocycles. The molecule has 72 valence electrons. The van der Waals surface area contributed by atoms with Gasteiger partial charge in [0.2, 0.25) is 0 Å². The van der Waals surface area contributed by atoms with Crippen LogP contribution < -0.4 is 0 Å². The van der Waals surface area contributed by atoms with Crippen LogP contribution in [-0.4, -0.2) is 26.3 Å². The number of hydrogen-bond donors (Lipinski definition) is 0. The zero-order valence-electron chi connectivity index (χ0n) is 7.30. The van der Waals surface area contributed by atoms with Gasteiger partial charge in [-0.1, -0.05) is 6.07 Å². The van der Waals surface area contributed by atoms with Gasteiger partial charge in [-0.3, -0.25) is 9.17 Å². The van der Waals surface area contributed by atoms with Gasteiger partial charge in [0.25, 0.3) is 10.1 Å². The minimum Gasteiger partial charge on any atom is -0.270 e. The molecule has 0 bridgehead atoms. The van der Waals surface area contributed by atoms with Crippen LogP contribution >= 0.6 is 0 Å². The number of aromatic nitrogens is 1. The molecule has 1 aromatic heterocycles. The average Bonchev–Trinajstić information content (AvgIpc) is 2.04. The molecule has 0 aliphatic rings. The Morgan fingerprint density at radius 1 is 1.54 bits per heavy atom. The minimum absolute atomic E-state index is 0.171. The molecular weight excluding hydrogens is 190 g/mol. The first-order valence-corrected chi connectivity index (χ1v) is 5.63. The molecule has 0 aliphatic carbocycles. The first kappa shape index (κ1) is 10.1. The molecule has 1 aromatic rings. The standard InChI is InChI=1S/C8H11NO3S/c1-13(10,11)12-6-4-8-3-2-5-9-7-8/h2-3,5,7H,4,6H2,1H3. The van der Waals surface area contributed by atoms with Crippen LogP contribution in [0.2, 0.25) is 0 Å². The van der Waals surface area contributed by atoms with Gasteiger partial charge in [0.1, 0.15) is 0 Å². The summed E-state index contributed by atoms with van der Waals surface area (Å²) in [6.45, 7) is 0.171. The summed E-state index contributed by atoms with van der Waals surface area (Å²) in [5, 5.41) is 0. The monoisotopic (exact) mass is 201 g/mol. The Kier molecular flexibility index (Phi) is 3.39. The molecule has 0 fully saturated rings. The zero-order valence-corrected chi connectivity index (χ0v) is 8.12. The number of nitrogens with zero attached hydrogens (tertiary/aromatic N) is 1. The van der Waals surface area contributed by atoms with E-state index in [1.807, 2.05) is 6.07 Å². The molecule has 4 nitrogen and oxygen atoms in total. The molecular formula is C8H11NO3S. The Morgan fingerprint density at radius 3 is 2.85 bits per heavy atom. The molecule has 5 heteroatoms. The first-order chi connectivity index (χ1) is 6.08. The van der Waals surface area contributed by atoms with Gasteiger partial charge >= 0.3 is 0 Å². The summed E-state index contributed by atoms with van der Waals surface area (Å²) in [6, 6.07) is 3.68. The molecule has 0 unspecified atom stereocenters. The summed E-state index contributed by atoms with van der Waals surface area (Å²) in [7, 11) is -3.31. The first-order valence-electron chi connectivity index (χ1n) is 3.81. The smallest absolute Gasteiger partial charge is 0.264 e. The van der Waals surface area contributed by atoms with E-state index < -0.39 is 10.1 Å². The van der Waals surface area contributed by atoms with Gasteiger partial charge in [-0.2, -0.15) is 8.42 Å². The van der Waals surface area contributed by atoms with Crippen LogP contribution in [0.4, 0.5) is 0 Å². The van der Waals surface area contributed by atoms with Crippen LogP contribution in [0.25, 0.3) is 0 Å². The Balaban J connectivity index is 2.37. The third kappa shape index (κ3) is 4.59. The second-order valence-electron chi connectivity index (χ2n) is 2.64. The van der Waals surface area contributed by atoms with E-state index in [1.54, 1.807) is 18.5 Å². The maximum Gasteiger partial charge on any atom is 0.264 e.